The lowest BCUT2D eigenvalue weighted by atomic mass is 10.2. The Labute approximate surface area is 80.7 Å². The van der Waals surface area contributed by atoms with Crippen LogP contribution in [-0.4, -0.2) is 0 Å². The van der Waals surface area contributed by atoms with Crippen LogP contribution in [0.1, 0.15) is 27.7 Å². The van der Waals surface area contributed by atoms with Crippen molar-refractivity contribution in [1.82, 2.24) is 0 Å². The molecule has 0 aliphatic rings. The molecule has 0 aromatic rings. The van der Waals surface area contributed by atoms with Gasteiger partial charge in [0.15, 0.2) is 5.76 Å². The molecule has 0 unspecified atom stereocenters. The number of nitrogens with two attached hydrogens (primary N) is 2. The molecule has 0 bridgehead atoms. The molecule has 0 aromatic heterocycles. The van der Waals surface area contributed by atoms with E-state index in [4.69, 9.17) is 11.6 Å². The third-order valence-electron chi connectivity index (χ3n) is 1.04. The summed E-state index contributed by atoms with van der Waals surface area (Å²) in [6.07, 6.45) is 3.23. The van der Waals surface area contributed by atoms with Crippen molar-refractivity contribution in [3.8, 4) is 0 Å². The highest BCUT2D eigenvalue weighted by Crippen LogP contribution is 2.03. The second-order valence-corrected chi connectivity index (χ2v) is 2.36. The molecule has 3 nitrogen and oxygen atoms in total. The minimum atomic E-state index is 0.395. The molecule has 0 aliphatic carbocycles. The van der Waals surface area contributed by atoms with Crippen LogP contribution in [0.2, 0.25) is 0 Å². The summed E-state index contributed by atoms with van der Waals surface area (Å²) in [5.41, 5.74) is 7.14. The zero-order valence-corrected chi connectivity index (χ0v) is 8.92. The van der Waals surface area contributed by atoms with Gasteiger partial charge >= 0.3 is 0 Å². The molecule has 0 saturated carbocycles. The van der Waals surface area contributed by atoms with Crippen molar-refractivity contribution >= 4 is 0 Å². The van der Waals surface area contributed by atoms with Gasteiger partial charge in [-0.15, -0.1) is 0 Å². The van der Waals surface area contributed by atoms with Gasteiger partial charge in [-0.1, -0.05) is 26.0 Å². The van der Waals surface area contributed by atoms with Crippen LogP contribution in [0.25, 0.3) is 0 Å². The summed E-state index contributed by atoms with van der Waals surface area (Å²) in [5.74, 6) is 5.32. The minimum absolute atomic E-state index is 0.395. The average Bonchev–Trinajstić information content (AvgIpc) is 2.08. The van der Waals surface area contributed by atoms with Crippen molar-refractivity contribution in [3.63, 3.8) is 0 Å². The van der Waals surface area contributed by atoms with Crippen molar-refractivity contribution in [1.29, 1.82) is 0 Å². The van der Waals surface area contributed by atoms with E-state index in [1.165, 1.54) is 6.08 Å². The van der Waals surface area contributed by atoms with E-state index < -0.39 is 0 Å². The monoisotopic (exact) mass is 184 g/mol. The fraction of sp³-hybridized carbons (Fsp3) is 0.400. The molecular formula is C10H20N2O. The Bertz CT molecular complexity index is 201. The predicted molar refractivity (Wildman–Crippen MR) is 57.5 cm³/mol. The average molecular weight is 184 g/mol. The first-order valence-corrected chi connectivity index (χ1v) is 4.25. The lowest BCUT2D eigenvalue weighted by Gasteiger charge is -2.01. The Morgan fingerprint density at radius 3 is 2.00 bits per heavy atom. The maximum atomic E-state index is 5.57. The summed E-state index contributed by atoms with van der Waals surface area (Å²) in [6, 6.07) is 0. The molecule has 0 heterocycles. The fourth-order valence-electron chi connectivity index (χ4n) is 0.616. The lowest BCUT2D eigenvalue weighted by Crippen LogP contribution is -2.05. The Morgan fingerprint density at radius 2 is 1.77 bits per heavy atom. The van der Waals surface area contributed by atoms with E-state index in [-0.39, 0.29) is 0 Å². The molecule has 0 spiro atoms. The summed E-state index contributed by atoms with van der Waals surface area (Å²) in [5, 5.41) is 0. The van der Waals surface area contributed by atoms with Crippen molar-refractivity contribution in [2.45, 2.75) is 27.7 Å². The van der Waals surface area contributed by atoms with Gasteiger partial charge in [-0.3, -0.25) is 0 Å². The first kappa shape index (κ1) is 14.3. The van der Waals surface area contributed by atoms with Crippen LogP contribution < -0.4 is 11.6 Å². The highest BCUT2D eigenvalue weighted by Gasteiger charge is 1.95. The third-order valence-corrected chi connectivity index (χ3v) is 1.04. The van der Waals surface area contributed by atoms with Crippen LogP contribution >= 0.6 is 0 Å². The predicted octanol–water partition coefficient (Wildman–Crippen LogP) is 2.23. The normalized spacial score (nSPS) is 10.2. The van der Waals surface area contributed by atoms with E-state index in [0.29, 0.717) is 11.5 Å². The number of hydrogen-bond acceptors (Lipinski definition) is 3. The molecule has 76 valence electrons. The Balaban J connectivity index is 0. The number of hydrogen-bond donors (Lipinski definition) is 2. The maximum absolute atomic E-state index is 5.57. The van der Waals surface area contributed by atoms with Crippen LogP contribution in [0.3, 0.4) is 0 Å². The fourth-order valence-corrected chi connectivity index (χ4v) is 0.616. The summed E-state index contributed by atoms with van der Waals surface area (Å²) in [4.78, 5) is 4.45. The van der Waals surface area contributed by atoms with Gasteiger partial charge in [0.05, 0.1) is 5.70 Å². The van der Waals surface area contributed by atoms with Gasteiger partial charge in [-0.05, 0) is 26.0 Å². The second-order valence-electron chi connectivity index (χ2n) is 2.36. The molecular weight excluding hydrogens is 164 g/mol. The SMILES string of the molecule is C=C/C(ON)=C(/N)C=C(C)C.CC. The largest absolute Gasteiger partial charge is 0.409 e. The first-order chi connectivity index (χ1) is 6.11. The van der Waals surface area contributed by atoms with E-state index in [9.17, 15) is 0 Å². The Morgan fingerprint density at radius 1 is 1.31 bits per heavy atom. The van der Waals surface area contributed by atoms with Gasteiger partial charge < -0.3 is 10.6 Å². The Kier molecular flexibility index (Phi) is 9.77. The minimum Gasteiger partial charge on any atom is -0.409 e. The Hall–Kier alpha value is -1.22. The van der Waals surface area contributed by atoms with Crippen molar-refractivity contribution in [2.24, 2.45) is 11.6 Å². The van der Waals surface area contributed by atoms with Gasteiger partial charge in [-0.25, -0.2) is 0 Å². The van der Waals surface area contributed by atoms with Gasteiger partial charge in [0.2, 0.25) is 0 Å². The highest BCUT2D eigenvalue weighted by molar-refractivity contribution is 5.27. The summed E-state index contributed by atoms with van der Waals surface area (Å²) >= 11 is 0. The first-order valence-electron chi connectivity index (χ1n) is 4.25. The van der Waals surface area contributed by atoms with Crippen LogP contribution in [-0.2, 0) is 4.84 Å². The third kappa shape index (κ3) is 7.15. The topological polar surface area (TPSA) is 61.3 Å². The quantitative estimate of drug-likeness (QED) is 0.401. The molecule has 13 heavy (non-hydrogen) atoms. The van der Waals surface area contributed by atoms with Crippen molar-refractivity contribution < 1.29 is 4.84 Å². The molecule has 0 radical (unpaired) electrons. The van der Waals surface area contributed by atoms with Crippen LogP contribution in [0.4, 0.5) is 0 Å². The number of rotatable bonds is 3. The van der Waals surface area contributed by atoms with Gasteiger partial charge in [0.1, 0.15) is 0 Å². The summed E-state index contributed by atoms with van der Waals surface area (Å²) in [6.45, 7) is 11.4. The molecule has 0 amide bonds. The van der Waals surface area contributed by atoms with Gasteiger partial charge in [-0.2, -0.15) is 5.90 Å². The maximum Gasteiger partial charge on any atom is 0.169 e. The molecule has 4 N–H and O–H groups in total. The molecule has 0 fully saturated rings. The molecule has 0 rings (SSSR count). The smallest absolute Gasteiger partial charge is 0.169 e. The van der Waals surface area contributed by atoms with E-state index in [1.807, 2.05) is 27.7 Å². The molecule has 3 heteroatoms. The van der Waals surface area contributed by atoms with Crippen LogP contribution in [0, 0.1) is 0 Å². The highest BCUT2D eigenvalue weighted by atomic mass is 16.6. The number of allylic oxidation sites excluding steroid dienone is 3. The van der Waals surface area contributed by atoms with E-state index >= 15 is 0 Å². The van der Waals surface area contributed by atoms with Gasteiger partial charge in [0, 0.05) is 0 Å². The van der Waals surface area contributed by atoms with E-state index in [2.05, 4.69) is 11.4 Å². The molecule has 0 saturated heterocycles. The lowest BCUT2D eigenvalue weighted by molar-refractivity contribution is 0.231. The summed E-state index contributed by atoms with van der Waals surface area (Å²) in [7, 11) is 0. The zero-order valence-electron chi connectivity index (χ0n) is 8.92. The van der Waals surface area contributed by atoms with Crippen molar-refractivity contribution in [3.05, 3.63) is 35.8 Å². The van der Waals surface area contributed by atoms with E-state index in [1.54, 1.807) is 6.08 Å². The zero-order chi connectivity index (χ0) is 10.9. The molecule has 0 aliphatic heterocycles. The second kappa shape index (κ2) is 8.87. The van der Waals surface area contributed by atoms with Crippen LogP contribution in [0.15, 0.2) is 35.8 Å². The molecule has 0 atom stereocenters. The molecule has 0 aromatic carbocycles. The van der Waals surface area contributed by atoms with Gasteiger partial charge in [0.25, 0.3) is 0 Å². The van der Waals surface area contributed by atoms with E-state index in [0.717, 1.165) is 5.57 Å². The summed E-state index contributed by atoms with van der Waals surface area (Å²) < 4.78 is 0. The van der Waals surface area contributed by atoms with Crippen molar-refractivity contribution in [2.75, 3.05) is 0 Å². The standard InChI is InChI=1S/C8H14N2O.C2H6/c1-4-8(11-10)7(9)5-6(2)3;1-2/h4-5H,1,9-10H2,2-3H3;1-2H3/b8-7-;. The van der Waals surface area contributed by atoms with Crippen LogP contribution in [0.5, 0.6) is 0 Å².